The molecule has 45 heavy (non-hydrogen) atoms. The van der Waals surface area contributed by atoms with Crippen LogP contribution >= 0.6 is 23.2 Å². The van der Waals surface area contributed by atoms with Gasteiger partial charge in [-0.05, 0) is 54.2 Å². The Morgan fingerprint density at radius 2 is 1.84 bits per heavy atom. The maximum Gasteiger partial charge on any atom is 0.339 e. The van der Waals surface area contributed by atoms with Crippen molar-refractivity contribution in [1.82, 2.24) is 4.90 Å². The molecule has 0 bridgehead atoms. The summed E-state index contributed by atoms with van der Waals surface area (Å²) in [6.45, 7) is 7.85. The molecular weight excluding hydrogens is 623 g/mol. The van der Waals surface area contributed by atoms with Crippen LogP contribution in [0.1, 0.15) is 67.9 Å². The van der Waals surface area contributed by atoms with Crippen molar-refractivity contribution in [3.63, 3.8) is 0 Å². The lowest BCUT2D eigenvalue weighted by molar-refractivity contribution is -0.119. The second-order valence-electron chi connectivity index (χ2n) is 12.7. The van der Waals surface area contributed by atoms with Crippen LogP contribution < -0.4 is 9.64 Å². The van der Waals surface area contributed by atoms with Gasteiger partial charge in [0.2, 0.25) is 5.91 Å². The molecule has 1 amide bonds. The summed E-state index contributed by atoms with van der Waals surface area (Å²) in [5.41, 5.74) is -1.81. The molecule has 3 aromatic rings. The first-order valence-corrected chi connectivity index (χ1v) is 15.3. The first-order valence-electron chi connectivity index (χ1n) is 14.5. The number of aromatic carboxylic acids is 1. The van der Waals surface area contributed by atoms with Gasteiger partial charge in [0.1, 0.15) is 34.4 Å². The minimum absolute atomic E-state index is 0.0177. The second kappa shape index (κ2) is 11.9. The lowest BCUT2D eigenvalue weighted by Gasteiger charge is -2.42. The summed E-state index contributed by atoms with van der Waals surface area (Å²) in [5.74, 6) is -4.28. The predicted octanol–water partition coefficient (Wildman–Crippen LogP) is 7.80. The number of carboxylic acid groups (broad SMARTS) is 1. The zero-order valence-corrected chi connectivity index (χ0v) is 27.0. The van der Waals surface area contributed by atoms with E-state index in [0.29, 0.717) is 18.5 Å². The Balaban J connectivity index is 1.83. The van der Waals surface area contributed by atoms with Crippen LogP contribution in [0.5, 0.6) is 5.75 Å². The number of carbonyl (C=O) groups is 2. The molecule has 5 atom stereocenters. The minimum atomic E-state index is -1.74. The average Bonchev–Trinajstić information content (AvgIpc) is 3.42. The van der Waals surface area contributed by atoms with Crippen molar-refractivity contribution < 1.29 is 28.2 Å². The molecule has 11 heteroatoms. The van der Waals surface area contributed by atoms with E-state index in [1.807, 2.05) is 32.6 Å². The van der Waals surface area contributed by atoms with E-state index in [0.717, 1.165) is 6.07 Å². The van der Waals surface area contributed by atoms with Gasteiger partial charge in [0.05, 0.1) is 24.4 Å². The second-order valence-corrected chi connectivity index (χ2v) is 13.5. The highest BCUT2D eigenvalue weighted by atomic mass is 35.5. The van der Waals surface area contributed by atoms with E-state index < -0.39 is 58.5 Å². The van der Waals surface area contributed by atoms with Gasteiger partial charge in [-0.1, -0.05) is 69.1 Å². The maximum atomic E-state index is 16.1. The van der Waals surface area contributed by atoms with E-state index in [9.17, 15) is 20.0 Å². The van der Waals surface area contributed by atoms with Crippen molar-refractivity contribution in [2.24, 2.45) is 5.41 Å². The molecule has 2 heterocycles. The van der Waals surface area contributed by atoms with Gasteiger partial charge in [0, 0.05) is 34.3 Å². The minimum Gasteiger partial charge on any atom is -0.496 e. The van der Waals surface area contributed by atoms with Crippen LogP contribution in [-0.4, -0.2) is 47.2 Å². The summed E-state index contributed by atoms with van der Waals surface area (Å²) in [6.07, 6.45) is 0.0864. The first-order chi connectivity index (χ1) is 21.2. The molecule has 236 valence electrons. The van der Waals surface area contributed by atoms with Crippen molar-refractivity contribution in [3.05, 3.63) is 93.0 Å². The standard InChI is InChI=1S/C34H33Cl2F2N3O4/c1-6-27-40(19-11-12-20(32(43)44)25(15-19)45-5)31(42)30-28(21-8-7-9-23(36)29(21)38)34(17-39,22-13-10-18(35)14-24(22)37)26(41(27)30)16-33(2,3)4/h7-15,26-28,30H,6,16H2,1-5H3,(H,43,44)/t26-,27+,28-,30+,34-/m0/s1. The van der Waals surface area contributed by atoms with E-state index in [4.69, 9.17) is 27.9 Å². The molecule has 0 aliphatic carbocycles. The zero-order valence-electron chi connectivity index (χ0n) is 25.4. The fraction of sp³-hybridized carbons (Fsp3) is 0.382. The smallest absolute Gasteiger partial charge is 0.339 e. The molecule has 1 N–H and O–H groups in total. The Kier molecular flexibility index (Phi) is 8.64. The lowest BCUT2D eigenvalue weighted by Crippen LogP contribution is -2.51. The average molecular weight is 657 g/mol. The first kappa shape index (κ1) is 32.7. The number of halogens is 4. The van der Waals surface area contributed by atoms with Gasteiger partial charge in [0.25, 0.3) is 0 Å². The number of hydrogen-bond acceptors (Lipinski definition) is 5. The van der Waals surface area contributed by atoms with Gasteiger partial charge in [-0.25, -0.2) is 13.6 Å². The summed E-state index contributed by atoms with van der Waals surface area (Å²) in [7, 11) is 1.34. The molecule has 0 unspecified atom stereocenters. The van der Waals surface area contributed by atoms with Crippen molar-refractivity contribution >= 4 is 40.8 Å². The summed E-state index contributed by atoms with van der Waals surface area (Å²) in [5, 5.41) is 20.8. The molecule has 2 fully saturated rings. The third kappa shape index (κ3) is 5.23. The number of fused-ring (bicyclic) bond motifs is 1. The molecule has 0 spiro atoms. The number of ether oxygens (including phenoxy) is 1. The van der Waals surface area contributed by atoms with Crippen molar-refractivity contribution in [2.75, 3.05) is 12.0 Å². The number of carbonyl (C=O) groups excluding carboxylic acids is 1. The highest BCUT2D eigenvalue weighted by Gasteiger charge is 2.69. The summed E-state index contributed by atoms with van der Waals surface area (Å²) in [6, 6.07) is 13.4. The van der Waals surface area contributed by atoms with E-state index in [1.165, 1.54) is 49.6 Å². The number of rotatable bonds is 7. The fourth-order valence-electron chi connectivity index (χ4n) is 7.24. The van der Waals surface area contributed by atoms with Crippen LogP contribution in [0.15, 0.2) is 54.6 Å². The van der Waals surface area contributed by atoms with Gasteiger partial charge >= 0.3 is 5.97 Å². The van der Waals surface area contributed by atoms with Gasteiger partial charge in [0.15, 0.2) is 0 Å². The predicted molar refractivity (Wildman–Crippen MR) is 168 cm³/mol. The number of anilines is 1. The molecule has 0 saturated carbocycles. The van der Waals surface area contributed by atoms with Crippen molar-refractivity contribution in [1.29, 1.82) is 5.26 Å². The van der Waals surface area contributed by atoms with Crippen LogP contribution in [0.3, 0.4) is 0 Å². The maximum absolute atomic E-state index is 16.1. The van der Waals surface area contributed by atoms with E-state index in [2.05, 4.69) is 6.07 Å². The summed E-state index contributed by atoms with van der Waals surface area (Å²) >= 11 is 12.4. The zero-order chi connectivity index (χ0) is 33.0. The number of methoxy groups -OCH3 is 1. The number of nitriles is 1. The van der Waals surface area contributed by atoms with Gasteiger partial charge in [-0.15, -0.1) is 0 Å². The Hall–Kier alpha value is -3.71. The largest absolute Gasteiger partial charge is 0.496 e. The number of carboxylic acids is 1. The molecule has 7 nitrogen and oxygen atoms in total. The van der Waals surface area contributed by atoms with Crippen molar-refractivity contribution in [2.45, 2.75) is 70.1 Å². The normalized spacial score (nSPS) is 24.9. The van der Waals surface area contributed by atoms with Crippen LogP contribution in [0.2, 0.25) is 10.0 Å². The topological polar surface area (TPSA) is 93.9 Å². The third-order valence-electron chi connectivity index (χ3n) is 8.89. The number of nitrogens with zero attached hydrogens (tertiary/aromatic N) is 3. The van der Waals surface area contributed by atoms with Gasteiger partial charge in [-0.2, -0.15) is 5.26 Å². The Bertz CT molecular complexity index is 1720. The number of amides is 1. The SMILES string of the molecule is CC[C@@H]1N(c2ccc(C(=O)O)c(OC)c2)C(=O)[C@H]2[C@H](c3cccc(Cl)c3F)[C@@](C#N)(c3ccc(Cl)cc3F)[C@H](CC(C)(C)C)N12. The molecule has 3 aromatic carbocycles. The lowest BCUT2D eigenvalue weighted by atomic mass is 9.62. The fourth-order valence-corrected chi connectivity index (χ4v) is 7.58. The van der Waals surface area contributed by atoms with Crippen LogP contribution in [0.4, 0.5) is 14.5 Å². The summed E-state index contributed by atoms with van der Waals surface area (Å²) < 4.78 is 37.5. The van der Waals surface area contributed by atoms with E-state index in [-0.39, 0.29) is 32.5 Å². The molecule has 0 aromatic heterocycles. The highest BCUT2D eigenvalue weighted by molar-refractivity contribution is 6.31. The monoisotopic (exact) mass is 655 g/mol. The molecule has 2 aliphatic heterocycles. The quantitative estimate of drug-likeness (QED) is 0.279. The van der Waals surface area contributed by atoms with E-state index in [1.54, 1.807) is 11.0 Å². The van der Waals surface area contributed by atoms with Crippen molar-refractivity contribution in [3.8, 4) is 11.8 Å². The van der Waals surface area contributed by atoms with Gasteiger partial charge < -0.3 is 9.84 Å². The van der Waals surface area contributed by atoms with Crippen LogP contribution in [0.25, 0.3) is 0 Å². The Morgan fingerprint density at radius 1 is 1.13 bits per heavy atom. The Morgan fingerprint density at radius 3 is 2.42 bits per heavy atom. The number of benzene rings is 3. The molecule has 2 saturated heterocycles. The van der Waals surface area contributed by atoms with E-state index >= 15 is 8.78 Å². The summed E-state index contributed by atoms with van der Waals surface area (Å²) in [4.78, 5) is 30.1. The number of hydrogen-bond donors (Lipinski definition) is 1. The van der Waals surface area contributed by atoms with Crippen LogP contribution in [-0.2, 0) is 10.2 Å². The molecule has 0 radical (unpaired) electrons. The van der Waals surface area contributed by atoms with Crippen LogP contribution in [0, 0.1) is 28.4 Å². The molecule has 2 aliphatic rings. The van der Waals surface area contributed by atoms with Gasteiger partial charge in [-0.3, -0.25) is 14.6 Å². The third-order valence-corrected chi connectivity index (χ3v) is 9.42. The highest BCUT2D eigenvalue weighted by Crippen LogP contribution is 2.60. The molecular formula is C34H33Cl2F2N3O4. The Labute approximate surface area is 270 Å². The molecule has 5 rings (SSSR count).